The number of aromatic nitrogens is 1. The van der Waals surface area contributed by atoms with Crippen LogP contribution >= 0.6 is 11.3 Å². The molecule has 0 aliphatic carbocycles. The maximum absolute atomic E-state index is 11.2. The molecule has 0 saturated carbocycles. The highest BCUT2D eigenvalue weighted by Gasteiger charge is 2.08. The Labute approximate surface area is 138 Å². The first kappa shape index (κ1) is 15.5. The number of thiazole rings is 1. The number of anilines is 1. The fourth-order valence-electron chi connectivity index (χ4n) is 2.10. The van der Waals surface area contributed by atoms with E-state index < -0.39 is 10.0 Å². The minimum Gasteiger partial charge on any atom is -0.508 e. The summed E-state index contributed by atoms with van der Waals surface area (Å²) in [5, 5.41) is 12.3. The van der Waals surface area contributed by atoms with E-state index in [9.17, 15) is 13.5 Å². The average Bonchev–Trinajstić information content (AvgIpc) is 2.96. The van der Waals surface area contributed by atoms with Crippen LogP contribution in [0.25, 0.3) is 21.8 Å². The first-order chi connectivity index (χ1) is 10.9. The second kappa shape index (κ2) is 6.02. The van der Waals surface area contributed by atoms with Crippen LogP contribution in [-0.4, -0.2) is 24.8 Å². The third kappa shape index (κ3) is 3.88. The highest BCUT2D eigenvalue weighted by molar-refractivity contribution is 7.92. The Morgan fingerprint density at radius 3 is 2.48 bits per heavy atom. The van der Waals surface area contributed by atoms with E-state index in [4.69, 9.17) is 0 Å². The molecule has 118 valence electrons. The molecule has 1 aromatic heterocycles. The molecule has 0 spiro atoms. The van der Waals surface area contributed by atoms with E-state index in [0.717, 1.165) is 28.1 Å². The number of aromatic hydroxyl groups is 1. The van der Waals surface area contributed by atoms with Crippen molar-refractivity contribution in [2.24, 2.45) is 0 Å². The molecule has 0 saturated heterocycles. The second-order valence-corrected chi connectivity index (χ2v) is 7.65. The van der Waals surface area contributed by atoms with Crippen molar-refractivity contribution in [3.8, 4) is 27.6 Å². The lowest BCUT2D eigenvalue weighted by Gasteiger charge is -2.04. The molecule has 0 bridgehead atoms. The van der Waals surface area contributed by atoms with Gasteiger partial charge in [-0.05, 0) is 24.3 Å². The lowest BCUT2D eigenvalue weighted by molar-refractivity contribution is 0.475. The third-order valence-corrected chi connectivity index (χ3v) is 4.58. The van der Waals surface area contributed by atoms with Crippen molar-refractivity contribution >= 4 is 27.0 Å². The van der Waals surface area contributed by atoms with Gasteiger partial charge in [-0.15, -0.1) is 11.3 Å². The van der Waals surface area contributed by atoms with Gasteiger partial charge in [0.05, 0.1) is 11.9 Å². The third-order valence-electron chi connectivity index (χ3n) is 3.08. The van der Waals surface area contributed by atoms with E-state index in [2.05, 4.69) is 9.71 Å². The SMILES string of the molecule is CS(=O)(=O)Nc1ccc(-c2csc(-c3cccc(O)c3)n2)cc1. The van der Waals surface area contributed by atoms with Gasteiger partial charge < -0.3 is 5.11 Å². The lowest BCUT2D eigenvalue weighted by Crippen LogP contribution is -2.09. The number of hydrogen-bond acceptors (Lipinski definition) is 5. The molecule has 0 atom stereocenters. The van der Waals surface area contributed by atoms with Crippen LogP contribution in [-0.2, 0) is 10.0 Å². The standard InChI is InChI=1S/C16H14N2O3S2/c1-23(20,21)18-13-7-5-11(6-8-13)15-10-22-16(17-15)12-3-2-4-14(19)9-12/h2-10,18-19H,1H3. The lowest BCUT2D eigenvalue weighted by atomic mass is 10.1. The minimum absolute atomic E-state index is 0.204. The normalized spacial score (nSPS) is 11.3. The Bertz CT molecular complexity index is 932. The summed E-state index contributed by atoms with van der Waals surface area (Å²) in [6, 6.07) is 14.0. The Hall–Kier alpha value is -2.38. The number of sulfonamides is 1. The van der Waals surface area contributed by atoms with Crippen molar-refractivity contribution in [3.63, 3.8) is 0 Å². The van der Waals surface area contributed by atoms with Gasteiger partial charge >= 0.3 is 0 Å². The van der Waals surface area contributed by atoms with E-state index in [1.54, 1.807) is 30.3 Å². The van der Waals surface area contributed by atoms with Crippen LogP contribution in [0.1, 0.15) is 0 Å². The predicted molar refractivity (Wildman–Crippen MR) is 93.1 cm³/mol. The second-order valence-electron chi connectivity index (χ2n) is 5.04. The molecule has 0 aliphatic heterocycles. The van der Waals surface area contributed by atoms with E-state index in [1.165, 1.54) is 11.3 Å². The van der Waals surface area contributed by atoms with Crippen LogP contribution in [0.3, 0.4) is 0 Å². The summed E-state index contributed by atoms with van der Waals surface area (Å²) in [4.78, 5) is 4.56. The molecular weight excluding hydrogens is 332 g/mol. The Morgan fingerprint density at radius 1 is 1.09 bits per heavy atom. The molecule has 23 heavy (non-hydrogen) atoms. The first-order valence-corrected chi connectivity index (χ1v) is 9.51. The van der Waals surface area contributed by atoms with Gasteiger partial charge in [0.15, 0.2) is 0 Å². The maximum atomic E-state index is 11.2. The molecule has 5 nitrogen and oxygen atoms in total. The number of nitrogens with zero attached hydrogens (tertiary/aromatic N) is 1. The average molecular weight is 346 g/mol. The summed E-state index contributed by atoms with van der Waals surface area (Å²) in [7, 11) is -3.28. The Balaban J connectivity index is 1.86. The summed E-state index contributed by atoms with van der Waals surface area (Å²) in [6.45, 7) is 0. The van der Waals surface area contributed by atoms with Crippen LogP contribution < -0.4 is 4.72 Å². The zero-order valence-corrected chi connectivity index (χ0v) is 13.9. The number of phenolic OH excluding ortho intramolecular Hbond substituents is 1. The molecule has 0 aliphatic rings. The topological polar surface area (TPSA) is 79.3 Å². The summed E-state index contributed by atoms with van der Waals surface area (Å²) < 4.78 is 24.8. The van der Waals surface area contributed by atoms with Gasteiger partial charge in [-0.25, -0.2) is 13.4 Å². The van der Waals surface area contributed by atoms with Gasteiger partial charge in [0.1, 0.15) is 10.8 Å². The summed E-state index contributed by atoms with van der Waals surface area (Å²) in [6.07, 6.45) is 1.11. The number of rotatable bonds is 4. The zero-order valence-electron chi connectivity index (χ0n) is 12.2. The van der Waals surface area contributed by atoms with Crippen LogP contribution in [0, 0.1) is 0 Å². The molecule has 2 aromatic carbocycles. The molecule has 1 heterocycles. The van der Waals surface area contributed by atoms with Gasteiger partial charge in [0.2, 0.25) is 10.0 Å². The van der Waals surface area contributed by atoms with Crippen LogP contribution in [0.4, 0.5) is 5.69 Å². The molecule has 3 rings (SSSR count). The fourth-order valence-corrected chi connectivity index (χ4v) is 3.49. The quantitative estimate of drug-likeness (QED) is 0.757. The smallest absolute Gasteiger partial charge is 0.229 e. The van der Waals surface area contributed by atoms with Gasteiger partial charge in [0.25, 0.3) is 0 Å². The Morgan fingerprint density at radius 2 is 1.83 bits per heavy atom. The van der Waals surface area contributed by atoms with E-state index in [-0.39, 0.29) is 5.75 Å². The minimum atomic E-state index is -3.28. The number of hydrogen-bond donors (Lipinski definition) is 2. The number of phenols is 1. The monoisotopic (exact) mass is 346 g/mol. The molecule has 0 fully saturated rings. The summed E-state index contributed by atoms with van der Waals surface area (Å²) in [5.74, 6) is 0.204. The van der Waals surface area contributed by atoms with Gasteiger partial charge in [-0.2, -0.15) is 0 Å². The highest BCUT2D eigenvalue weighted by Crippen LogP contribution is 2.30. The van der Waals surface area contributed by atoms with Crippen molar-refractivity contribution in [2.45, 2.75) is 0 Å². The van der Waals surface area contributed by atoms with Crippen molar-refractivity contribution in [1.29, 1.82) is 0 Å². The number of benzene rings is 2. The van der Waals surface area contributed by atoms with Crippen molar-refractivity contribution in [3.05, 3.63) is 53.9 Å². The predicted octanol–water partition coefficient (Wildman–Crippen LogP) is 3.55. The molecule has 0 radical (unpaired) electrons. The fraction of sp³-hybridized carbons (Fsp3) is 0.0625. The summed E-state index contributed by atoms with van der Waals surface area (Å²) >= 11 is 1.49. The van der Waals surface area contributed by atoms with Gasteiger partial charge in [-0.1, -0.05) is 24.3 Å². The maximum Gasteiger partial charge on any atom is 0.229 e. The van der Waals surface area contributed by atoms with Crippen LogP contribution in [0.15, 0.2) is 53.9 Å². The molecule has 2 N–H and O–H groups in total. The van der Waals surface area contributed by atoms with Crippen molar-refractivity contribution in [2.75, 3.05) is 11.0 Å². The van der Waals surface area contributed by atoms with E-state index in [0.29, 0.717) is 5.69 Å². The highest BCUT2D eigenvalue weighted by atomic mass is 32.2. The van der Waals surface area contributed by atoms with Gasteiger partial charge in [0, 0.05) is 22.2 Å². The van der Waals surface area contributed by atoms with Gasteiger partial charge in [-0.3, -0.25) is 4.72 Å². The molecule has 7 heteroatoms. The Kier molecular flexibility index (Phi) is 4.06. The molecule has 0 unspecified atom stereocenters. The first-order valence-electron chi connectivity index (χ1n) is 6.74. The molecule has 3 aromatic rings. The summed E-state index contributed by atoms with van der Waals surface area (Å²) in [5.41, 5.74) is 3.07. The van der Waals surface area contributed by atoms with E-state index >= 15 is 0 Å². The zero-order chi connectivity index (χ0) is 16.4. The van der Waals surface area contributed by atoms with E-state index in [1.807, 2.05) is 23.6 Å². The van der Waals surface area contributed by atoms with Crippen molar-refractivity contribution < 1.29 is 13.5 Å². The molecule has 0 amide bonds. The number of nitrogens with one attached hydrogen (secondary N) is 1. The van der Waals surface area contributed by atoms with Crippen molar-refractivity contribution in [1.82, 2.24) is 4.98 Å². The molecular formula is C16H14N2O3S2. The van der Waals surface area contributed by atoms with Crippen LogP contribution in [0.5, 0.6) is 5.75 Å². The van der Waals surface area contributed by atoms with Crippen LogP contribution in [0.2, 0.25) is 0 Å². The largest absolute Gasteiger partial charge is 0.508 e.